The summed E-state index contributed by atoms with van der Waals surface area (Å²) in [7, 11) is -2.55. The lowest BCUT2D eigenvalue weighted by Gasteiger charge is -2.19. The van der Waals surface area contributed by atoms with E-state index in [1.165, 1.54) is 19.2 Å². The van der Waals surface area contributed by atoms with E-state index in [-0.39, 0.29) is 15.5 Å². The van der Waals surface area contributed by atoms with Gasteiger partial charge in [-0.1, -0.05) is 60.1 Å². The Morgan fingerprint density at radius 3 is 2.16 bits per heavy atom. The fourth-order valence-corrected chi connectivity index (χ4v) is 3.70. The molecule has 0 fully saturated rings. The molecule has 1 amide bonds. The van der Waals surface area contributed by atoms with Gasteiger partial charge in [0.2, 0.25) is 16.1 Å². The van der Waals surface area contributed by atoms with Crippen molar-refractivity contribution in [3.63, 3.8) is 0 Å². The van der Waals surface area contributed by atoms with E-state index in [1.54, 1.807) is 60.7 Å². The molecule has 0 bridgehead atoms. The first kappa shape index (κ1) is 22.5. The van der Waals surface area contributed by atoms with Crippen molar-refractivity contribution in [2.45, 2.75) is 11.0 Å². The molecule has 0 spiro atoms. The van der Waals surface area contributed by atoms with Crippen LogP contribution in [0.25, 0.3) is 0 Å². The molecule has 7 nitrogen and oxygen atoms in total. The number of para-hydroxylation sites is 1. The third-order valence-electron chi connectivity index (χ3n) is 4.34. The summed E-state index contributed by atoms with van der Waals surface area (Å²) in [5, 5.41) is 2.70. The van der Waals surface area contributed by atoms with Gasteiger partial charge in [-0.2, -0.15) is 0 Å². The van der Waals surface area contributed by atoms with Gasteiger partial charge in [-0.25, -0.2) is 17.9 Å². The highest BCUT2D eigenvalue weighted by atomic mass is 35.5. The minimum absolute atomic E-state index is 0.00432. The van der Waals surface area contributed by atoms with Crippen LogP contribution >= 0.6 is 11.6 Å². The van der Waals surface area contributed by atoms with Gasteiger partial charge in [0.05, 0.1) is 15.5 Å². The Balaban J connectivity index is 1.92. The van der Waals surface area contributed by atoms with Crippen molar-refractivity contribution in [1.29, 1.82) is 0 Å². The minimum atomic E-state index is -3.80. The lowest BCUT2D eigenvalue weighted by molar-refractivity contribution is -0.125. The molecule has 2 N–H and O–H groups in total. The number of sulfonamides is 1. The Hall–Kier alpha value is -3.20. The van der Waals surface area contributed by atoms with Crippen LogP contribution in [-0.2, 0) is 19.6 Å². The van der Waals surface area contributed by atoms with Crippen LogP contribution in [-0.4, -0.2) is 27.3 Å². The molecule has 0 aliphatic rings. The molecule has 9 heteroatoms. The van der Waals surface area contributed by atoms with E-state index < -0.39 is 28.0 Å². The van der Waals surface area contributed by atoms with Crippen molar-refractivity contribution in [2.24, 2.45) is 0 Å². The summed E-state index contributed by atoms with van der Waals surface area (Å²) in [6.45, 7) is 0. The molecule has 3 rings (SSSR count). The SMILES string of the molecule is CNS(=O)(=O)c1ccc(Cl)c(C(=O)OC(C(=O)Nc2ccccc2)c2ccccc2)c1. The van der Waals surface area contributed by atoms with Crippen LogP contribution in [0.1, 0.15) is 22.0 Å². The van der Waals surface area contributed by atoms with Gasteiger partial charge in [0.1, 0.15) is 0 Å². The maximum Gasteiger partial charge on any atom is 0.340 e. The normalized spacial score (nSPS) is 12.1. The molecular formula is C22H19ClN2O5S. The first-order valence-electron chi connectivity index (χ1n) is 9.17. The van der Waals surface area contributed by atoms with E-state index in [4.69, 9.17) is 16.3 Å². The van der Waals surface area contributed by atoms with Crippen molar-refractivity contribution in [3.05, 3.63) is 95.0 Å². The predicted molar refractivity (Wildman–Crippen MR) is 117 cm³/mol. The maximum absolute atomic E-state index is 12.9. The van der Waals surface area contributed by atoms with E-state index in [0.717, 1.165) is 6.07 Å². The third kappa shape index (κ3) is 5.49. The van der Waals surface area contributed by atoms with Crippen molar-refractivity contribution >= 4 is 39.2 Å². The van der Waals surface area contributed by atoms with Crippen LogP contribution in [0, 0.1) is 0 Å². The second kappa shape index (κ2) is 9.74. The van der Waals surface area contributed by atoms with Crippen molar-refractivity contribution in [3.8, 4) is 0 Å². The highest BCUT2D eigenvalue weighted by Gasteiger charge is 2.27. The Morgan fingerprint density at radius 2 is 1.55 bits per heavy atom. The largest absolute Gasteiger partial charge is 0.444 e. The molecule has 31 heavy (non-hydrogen) atoms. The second-order valence-corrected chi connectivity index (χ2v) is 8.69. The van der Waals surface area contributed by atoms with E-state index in [9.17, 15) is 18.0 Å². The smallest absolute Gasteiger partial charge is 0.340 e. The average molecular weight is 459 g/mol. The number of anilines is 1. The highest BCUT2D eigenvalue weighted by Crippen LogP contribution is 2.26. The number of hydrogen-bond acceptors (Lipinski definition) is 5. The van der Waals surface area contributed by atoms with E-state index in [2.05, 4.69) is 10.0 Å². The topological polar surface area (TPSA) is 102 Å². The first-order valence-corrected chi connectivity index (χ1v) is 11.0. The third-order valence-corrected chi connectivity index (χ3v) is 6.09. The van der Waals surface area contributed by atoms with E-state index in [0.29, 0.717) is 11.3 Å². The van der Waals surface area contributed by atoms with Crippen molar-refractivity contribution in [2.75, 3.05) is 12.4 Å². The number of esters is 1. The van der Waals surface area contributed by atoms with Crippen LogP contribution in [0.4, 0.5) is 5.69 Å². The molecule has 0 aromatic heterocycles. The molecule has 0 aliphatic heterocycles. The molecule has 0 heterocycles. The number of carbonyl (C=O) groups excluding carboxylic acids is 2. The molecule has 3 aromatic rings. The molecule has 0 aliphatic carbocycles. The number of hydrogen-bond donors (Lipinski definition) is 2. The molecule has 1 atom stereocenters. The van der Waals surface area contributed by atoms with Gasteiger partial charge in [-0.15, -0.1) is 0 Å². The molecule has 0 saturated heterocycles. The number of nitrogens with one attached hydrogen (secondary N) is 2. The molecule has 0 radical (unpaired) electrons. The lowest BCUT2D eigenvalue weighted by atomic mass is 10.1. The summed E-state index contributed by atoms with van der Waals surface area (Å²) >= 11 is 6.11. The zero-order valence-electron chi connectivity index (χ0n) is 16.4. The van der Waals surface area contributed by atoms with Gasteiger partial charge in [0.15, 0.2) is 0 Å². The summed E-state index contributed by atoms with van der Waals surface area (Å²) in [4.78, 5) is 25.6. The molecular weight excluding hydrogens is 440 g/mol. The Labute approximate surface area is 185 Å². The summed E-state index contributed by atoms with van der Waals surface area (Å²) < 4.78 is 31.8. The number of benzene rings is 3. The standard InChI is InChI=1S/C22H19ClN2O5S/c1-24-31(28,29)17-12-13-19(23)18(14-17)22(27)30-20(15-8-4-2-5-9-15)21(26)25-16-10-6-3-7-11-16/h2-14,20,24H,1H3,(H,25,26). The molecule has 1 unspecified atom stereocenters. The van der Waals surface area contributed by atoms with Gasteiger partial charge in [-0.05, 0) is 37.4 Å². The molecule has 3 aromatic carbocycles. The Bertz CT molecular complexity index is 1190. The fraction of sp³-hybridized carbons (Fsp3) is 0.0909. The highest BCUT2D eigenvalue weighted by molar-refractivity contribution is 7.89. The van der Waals surface area contributed by atoms with Crippen LogP contribution in [0.15, 0.2) is 83.8 Å². The van der Waals surface area contributed by atoms with E-state index >= 15 is 0 Å². The van der Waals surface area contributed by atoms with Gasteiger partial charge < -0.3 is 10.1 Å². The van der Waals surface area contributed by atoms with Gasteiger partial charge in [0, 0.05) is 11.3 Å². The average Bonchev–Trinajstić information content (AvgIpc) is 2.78. The van der Waals surface area contributed by atoms with Gasteiger partial charge in [0.25, 0.3) is 5.91 Å². The maximum atomic E-state index is 12.9. The molecule has 160 valence electrons. The predicted octanol–water partition coefficient (Wildman–Crippen LogP) is 3.78. The number of amides is 1. The lowest BCUT2D eigenvalue weighted by Crippen LogP contribution is -2.26. The zero-order chi connectivity index (χ0) is 22.4. The summed E-state index contributed by atoms with van der Waals surface area (Å²) in [5.41, 5.74) is 0.801. The quantitative estimate of drug-likeness (QED) is 0.524. The van der Waals surface area contributed by atoms with E-state index in [1.807, 2.05) is 0 Å². The van der Waals surface area contributed by atoms with Crippen LogP contribution in [0.5, 0.6) is 0 Å². The van der Waals surface area contributed by atoms with Gasteiger partial charge in [-0.3, -0.25) is 4.79 Å². The number of rotatable bonds is 7. The first-order chi connectivity index (χ1) is 14.8. The zero-order valence-corrected chi connectivity index (χ0v) is 18.0. The number of carbonyl (C=O) groups is 2. The summed E-state index contributed by atoms with van der Waals surface area (Å²) in [6.07, 6.45) is -1.28. The number of halogens is 1. The number of ether oxygens (including phenoxy) is 1. The second-order valence-electron chi connectivity index (χ2n) is 6.40. The van der Waals surface area contributed by atoms with Gasteiger partial charge >= 0.3 is 5.97 Å². The van der Waals surface area contributed by atoms with Crippen LogP contribution in [0.2, 0.25) is 5.02 Å². The fourth-order valence-electron chi connectivity index (χ4n) is 2.75. The van der Waals surface area contributed by atoms with Crippen LogP contribution in [0.3, 0.4) is 0 Å². The molecule has 0 saturated carbocycles. The monoisotopic (exact) mass is 458 g/mol. The summed E-state index contributed by atoms with van der Waals surface area (Å²) in [6, 6.07) is 20.8. The van der Waals surface area contributed by atoms with Crippen molar-refractivity contribution in [1.82, 2.24) is 4.72 Å². The minimum Gasteiger partial charge on any atom is -0.444 e. The van der Waals surface area contributed by atoms with Crippen molar-refractivity contribution < 1.29 is 22.7 Å². The Kier molecular flexibility index (Phi) is 7.06. The Morgan fingerprint density at radius 1 is 0.935 bits per heavy atom. The van der Waals surface area contributed by atoms with Crippen LogP contribution < -0.4 is 10.0 Å². The summed E-state index contributed by atoms with van der Waals surface area (Å²) in [5.74, 6) is -1.50.